The van der Waals surface area contributed by atoms with Crippen LogP contribution < -0.4 is 10.1 Å². The van der Waals surface area contributed by atoms with Crippen LogP contribution in [-0.4, -0.2) is 33.2 Å². The zero-order chi connectivity index (χ0) is 19.7. The minimum absolute atomic E-state index is 0.0000478. The average Bonchev–Trinajstić information content (AvgIpc) is 3.27. The van der Waals surface area contributed by atoms with Gasteiger partial charge in [-0.05, 0) is 74.6 Å². The summed E-state index contributed by atoms with van der Waals surface area (Å²) >= 11 is 5.65. The lowest BCUT2D eigenvalue weighted by molar-refractivity contribution is 0.320. The number of ether oxygens (including phenoxy) is 1. The van der Waals surface area contributed by atoms with Crippen LogP contribution in [0.3, 0.4) is 0 Å². The predicted molar refractivity (Wildman–Crippen MR) is 115 cm³/mol. The molecule has 0 spiro atoms. The Kier molecular flexibility index (Phi) is 5.05. The van der Waals surface area contributed by atoms with Crippen molar-refractivity contribution in [1.82, 2.24) is 19.8 Å². The van der Waals surface area contributed by atoms with Crippen molar-refractivity contribution in [2.45, 2.75) is 25.9 Å². The molecule has 2 atom stereocenters. The Morgan fingerprint density at radius 1 is 1.11 bits per heavy atom. The summed E-state index contributed by atoms with van der Waals surface area (Å²) < 4.78 is 7.61. The van der Waals surface area contributed by atoms with Gasteiger partial charge in [0.2, 0.25) is 0 Å². The lowest BCUT2D eigenvalue weighted by Gasteiger charge is -2.28. The maximum Gasteiger partial charge on any atom is 0.170 e. The molecule has 0 unspecified atom stereocenters. The highest BCUT2D eigenvalue weighted by Crippen LogP contribution is 2.40. The highest BCUT2D eigenvalue weighted by atomic mass is 32.1. The number of hydrogen-bond acceptors (Lipinski definition) is 3. The van der Waals surface area contributed by atoms with Gasteiger partial charge in [0, 0.05) is 29.8 Å². The molecule has 3 aromatic rings. The Bertz CT molecular complexity index is 968. The van der Waals surface area contributed by atoms with Gasteiger partial charge in [0.05, 0.1) is 24.9 Å². The van der Waals surface area contributed by atoms with Crippen molar-refractivity contribution in [3.63, 3.8) is 0 Å². The van der Waals surface area contributed by atoms with Crippen molar-refractivity contribution in [2.75, 3.05) is 13.7 Å². The van der Waals surface area contributed by atoms with E-state index in [4.69, 9.17) is 17.0 Å². The molecule has 1 aliphatic heterocycles. The quantitative estimate of drug-likeness (QED) is 0.660. The zero-order valence-electron chi connectivity index (χ0n) is 16.3. The van der Waals surface area contributed by atoms with E-state index in [2.05, 4.69) is 63.9 Å². The van der Waals surface area contributed by atoms with E-state index in [1.54, 1.807) is 7.11 Å². The summed E-state index contributed by atoms with van der Waals surface area (Å²) in [5.74, 6) is 0.848. The lowest BCUT2D eigenvalue weighted by Crippen LogP contribution is -2.30. The number of rotatable bonds is 5. The molecule has 1 N–H and O–H groups in total. The Morgan fingerprint density at radius 2 is 1.89 bits per heavy atom. The van der Waals surface area contributed by atoms with Gasteiger partial charge in [0.15, 0.2) is 5.11 Å². The van der Waals surface area contributed by atoms with Crippen LogP contribution >= 0.6 is 12.2 Å². The number of nitrogens with one attached hydrogen (secondary N) is 1. The zero-order valence-corrected chi connectivity index (χ0v) is 17.1. The van der Waals surface area contributed by atoms with Gasteiger partial charge in [-0.1, -0.05) is 6.07 Å². The minimum atomic E-state index is -0.0000478. The number of likely N-dealkylation sites (N-methyl/N-ethyl adjacent to an activating group) is 1. The van der Waals surface area contributed by atoms with Crippen molar-refractivity contribution in [3.05, 3.63) is 77.9 Å². The molecule has 0 saturated carbocycles. The number of methoxy groups -OCH3 is 1. The van der Waals surface area contributed by atoms with Crippen LogP contribution in [0.5, 0.6) is 5.75 Å². The van der Waals surface area contributed by atoms with Gasteiger partial charge in [0.25, 0.3) is 0 Å². The fourth-order valence-electron chi connectivity index (χ4n) is 3.94. The highest BCUT2D eigenvalue weighted by Gasteiger charge is 2.40. The molecule has 1 fully saturated rings. The maximum atomic E-state index is 5.65. The molecular weight excluding hydrogens is 368 g/mol. The summed E-state index contributed by atoms with van der Waals surface area (Å²) in [4.78, 5) is 6.84. The molecular formula is C22H24N4OS. The molecule has 1 aliphatic rings. The van der Waals surface area contributed by atoms with E-state index in [1.807, 2.05) is 30.5 Å². The summed E-state index contributed by atoms with van der Waals surface area (Å²) in [7, 11) is 1.68. The normalized spacial score (nSPS) is 19.0. The van der Waals surface area contributed by atoms with Gasteiger partial charge in [-0.3, -0.25) is 4.98 Å². The van der Waals surface area contributed by atoms with Gasteiger partial charge >= 0.3 is 0 Å². The molecule has 1 aromatic carbocycles. The topological polar surface area (TPSA) is 42.3 Å². The Morgan fingerprint density at radius 3 is 2.54 bits per heavy atom. The predicted octanol–water partition coefficient (Wildman–Crippen LogP) is 4.18. The summed E-state index contributed by atoms with van der Waals surface area (Å²) in [5, 5.41) is 4.25. The molecule has 0 amide bonds. The molecule has 2 aromatic heterocycles. The largest absolute Gasteiger partial charge is 0.497 e. The third-order valence-electron chi connectivity index (χ3n) is 5.28. The lowest BCUT2D eigenvalue weighted by atomic mass is 10.0. The fourth-order valence-corrected chi connectivity index (χ4v) is 4.31. The van der Waals surface area contributed by atoms with Gasteiger partial charge in [-0.25, -0.2) is 0 Å². The van der Waals surface area contributed by atoms with Crippen LogP contribution in [0, 0.1) is 6.92 Å². The smallest absolute Gasteiger partial charge is 0.170 e. The van der Waals surface area contributed by atoms with E-state index in [0.29, 0.717) is 0 Å². The summed E-state index contributed by atoms with van der Waals surface area (Å²) in [6.07, 6.45) is 1.83. The van der Waals surface area contributed by atoms with Crippen molar-refractivity contribution in [1.29, 1.82) is 0 Å². The maximum absolute atomic E-state index is 5.65. The van der Waals surface area contributed by atoms with Gasteiger partial charge in [-0.2, -0.15) is 0 Å². The molecule has 4 rings (SSSR count). The molecule has 0 aliphatic carbocycles. The molecule has 6 heteroatoms. The van der Waals surface area contributed by atoms with Crippen molar-refractivity contribution >= 4 is 17.3 Å². The number of pyridine rings is 1. The van der Waals surface area contributed by atoms with Crippen LogP contribution in [0.4, 0.5) is 0 Å². The van der Waals surface area contributed by atoms with Crippen LogP contribution in [0.25, 0.3) is 5.69 Å². The van der Waals surface area contributed by atoms with E-state index in [-0.39, 0.29) is 12.1 Å². The van der Waals surface area contributed by atoms with Crippen molar-refractivity contribution < 1.29 is 4.74 Å². The third-order valence-corrected chi connectivity index (χ3v) is 5.63. The Labute approximate surface area is 171 Å². The minimum Gasteiger partial charge on any atom is -0.497 e. The first-order valence-electron chi connectivity index (χ1n) is 9.44. The highest BCUT2D eigenvalue weighted by molar-refractivity contribution is 7.80. The second-order valence-electron chi connectivity index (χ2n) is 6.85. The summed E-state index contributed by atoms with van der Waals surface area (Å²) in [6.45, 7) is 5.09. The fraction of sp³-hybridized carbons (Fsp3) is 0.273. The molecule has 28 heavy (non-hydrogen) atoms. The Hall–Kier alpha value is -2.86. The first kappa shape index (κ1) is 18.5. The van der Waals surface area contributed by atoms with Crippen LogP contribution in [-0.2, 0) is 0 Å². The standard InChI is InChI=1S/C22H24N4OS/c1-4-25-21(20(24-22(25)28)18-7-5-6-14-23-18)19-13-8-15(2)26(19)16-9-11-17(27-3)12-10-16/h5-14,20-21H,4H2,1-3H3,(H,24,28)/t20-,21-/m0/s1. The summed E-state index contributed by atoms with van der Waals surface area (Å²) in [5.41, 5.74) is 4.46. The molecule has 144 valence electrons. The van der Waals surface area contributed by atoms with E-state index in [1.165, 1.54) is 11.4 Å². The van der Waals surface area contributed by atoms with Crippen molar-refractivity contribution in [2.24, 2.45) is 0 Å². The SMILES string of the molecule is CCN1C(=S)N[C@@H](c2ccccn2)[C@@H]1c1ccc(C)n1-c1ccc(OC)cc1. The monoisotopic (exact) mass is 392 g/mol. The first-order valence-corrected chi connectivity index (χ1v) is 9.85. The molecule has 5 nitrogen and oxygen atoms in total. The van der Waals surface area contributed by atoms with Crippen molar-refractivity contribution in [3.8, 4) is 11.4 Å². The first-order chi connectivity index (χ1) is 13.6. The second-order valence-corrected chi connectivity index (χ2v) is 7.23. The van der Waals surface area contributed by atoms with E-state index in [9.17, 15) is 0 Å². The molecule has 1 saturated heterocycles. The molecule has 0 bridgehead atoms. The van der Waals surface area contributed by atoms with Crippen LogP contribution in [0.2, 0.25) is 0 Å². The van der Waals surface area contributed by atoms with Crippen LogP contribution in [0.1, 0.15) is 36.1 Å². The van der Waals surface area contributed by atoms with E-state index >= 15 is 0 Å². The second kappa shape index (κ2) is 7.64. The Balaban J connectivity index is 1.82. The van der Waals surface area contributed by atoms with Gasteiger partial charge < -0.3 is 19.5 Å². The average molecular weight is 393 g/mol. The van der Waals surface area contributed by atoms with Crippen LogP contribution in [0.15, 0.2) is 60.8 Å². The number of hydrogen-bond donors (Lipinski definition) is 1. The summed E-state index contributed by atoms with van der Waals surface area (Å²) in [6, 6.07) is 18.6. The number of benzene rings is 1. The van der Waals surface area contributed by atoms with E-state index in [0.717, 1.165) is 28.8 Å². The van der Waals surface area contributed by atoms with E-state index < -0.39 is 0 Å². The third kappa shape index (κ3) is 3.14. The number of nitrogens with zero attached hydrogens (tertiary/aromatic N) is 3. The number of aryl methyl sites for hydroxylation is 1. The number of aromatic nitrogens is 2. The van der Waals surface area contributed by atoms with Gasteiger partial charge in [0.1, 0.15) is 5.75 Å². The molecule has 3 heterocycles. The molecule has 0 radical (unpaired) electrons. The number of thiocarbonyl (C=S) groups is 1. The van der Waals surface area contributed by atoms with Gasteiger partial charge in [-0.15, -0.1) is 0 Å².